The molecule has 0 heterocycles. The van der Waals surface area contributed by atoms with Crippen LogP contribution in [-0.2, 0) is 4.79 Å². The molecular weight excluding hydrogens is 264 g/mol. The second kappa shape index (κ2) is 10.2. The van der Waals surface area contributed by atoms with Crippen molar-refractivity contribution in [2.75, 3.05) is 0 Å². The predicted molar refractivity (Wildman–Crippen MR) is 87.2 cm³/mol. The van der Waals surface area contributed by atoms with E-state index in [-0.39, 0.29) is 5.54 Å². The Bertz CT molecular complexity index is 283. The zero-order valence-electron chi connectivity index (χ0n) is 13.5. The lowest BCUT2D eigenvalue weighted by atomic mass is 9.83. The van der Waals surface area contributed by atoms with Gasteiger partial charge in [0.2, 0.25) is 0 Å². The Kier molecular flexibility index (Phi) is 8.93. The number of hydrogen-bond donors (Lipinski definition) is 3. The quantitative estimate of drug-likeness (QED) is 0.654. The van der Waals surface area contributed by atoms with Crippen LogP contribution in [-0.4, -0.2) is 22.7 Å². The van der Waals surface area contributed by atoms with Crippen LogP contribution in [0.4, 0.5) is 0 Å². The largest absolute Gasteiger partial charge is 0.480 e. The molecule has 0 aromatic carbocycles. The molecule has 0 spiro atoms. The van der Waals surface area contributed by atoms with Crippen molar-refractivity contribution in [3.8, 4) is 0 Å². The smallest absolute Gasteiger partial charge is 0.320 e. The molecule has 5 N–H and O–H groups in total. The van der Waals surface area contributed by atoms with Gasteiger partial charge in [0, 0.05) is 5.54 Å². The first-order valence-electron chi connectivity index (χ1n) is 8.81. The number of hydrogen-bond acceptors (Lipinski definition) is 3. The van der Waals surface area contributed by atoms with Crippen LogP contribution >= 0.6 is 0 Å². The molecule has 1 saturated carbocycles. The summed E-state index contributed by atoms with van der Waals surface area (Å²) in [5, 5.41) is 8.78. The lowest BCUT2D eigenvalue weighted by molar-refractivity contribution is -0.138. The maximum Gasteiger partial charge on any atom is 0.320 e. The van der Waals surface area contributed by atoms with Crippen molar-refractivity contribution in [1.29, 1.82) is 0 Å². The Labute approximate surface area is 129 Å². The minimum absolute atomic E-state index is 0.0301. The van der Waals surface area contributed by atoms with Crippen molar-refractivity contribution < 1.29 is 9.90 Å². The maximum atomic E-state index is 10.7. The van der Waals surface area contributed by atoms with Gasteiger partial charge < -0.3 is 16.6 Å². The maximum absolute atomic E-state index is 10.7. The zero-order chi connectivity index (χ0) is 15.6. The van der Waals surface area contributed by atoms with Crippen molar-refractivity contribution >= 4 is 5.97 Å². The first kappa shape index (κ1) is 18.4. The Morgan fingerprint density at radius 3 is 1.90 bits per heavy atom. The predicted octanol–water partition coefficient (Wildman–Crippen LogP) is 3.57. The van der Waals surface area contributed by atoms with Gasteiger partial charge in [0.15, 0.2) is 0 Å². The molecule has 1 unspecified atom stereocenters. The van der Waals surface area contributed by atoms with Gasteiger partial charge in [-0.05, 0) is 25.7 Å². The third kappa shape index (κ3) is 8.42. The first-order chi connectivity index (χ1) is 10.0. The molecule has 1 atom stereocenters. The Morgan fingerprint density at radius 1 is 0.952 bits per heavy atom. The van der Waals surface area contributed by atoms with Gasteiger partial charge in [0.25, 0.3) is 0 Å². The molecule has 0 bridgehead atoms. The average molecular weight is 298 g/mol. The van der Waals surface area contributed by atoms with Gasteiger partial charge in [0.05, 0.1) is 0 Å². The molecule has 0 aromatic rings. The Hall–Kier alpha value is -0.610. The van der Waals surface area contributed by atoms with E-state index in [1.807, 2.05) is 0 Å². The van der Waals surface area contributed by atoms with Gasteiger partial charge in [-0.15, -0.1) is 0 Å². The van der Waals surface area contributed by atoms with Crippen LogP contribution in [0, 0.1) is 0 Å². The first-order valence-corrected chi connectivity index (χ1v) is 8.81. The standard InChI is InChI=1S/C17H34N2O2/c18-15(16(20)21)11-7-10-14-17(19)12-8-5-3-1-2-4-6-9-13-17/h15H,1-14,18-19H2,(H,20,21). The van der Waals surface area contributed by atoms with Crippen LogP contribution in [0.15, 0.2) is 0 Å². The number of carboxylic acid groups (broad SMARTS) is 1. The number of aliphatic carboxylic acids is 1. The van der Waals surface area contributed by atoms with Crippen molar-refractivity contribution in [1.82, 2.24) is 0 Å². The van der Waals surface area contributed by atoms with E-state index in [1.165, 1.54) is 51.4 Å². The van der Waals surface area contributed by atoms with E-state index >= 15 is 0 Å². The topological polar surface area (TPSA) is 89.3 Å². The summed E-state index contributed by atoms with van der Waals surface area (Å²) in [6.45, 7) is 0. The summed E-state index contributed by atoms with van der Waals surface area (Å²) >= 11 is 0. The van der Waals surface area contributed by atoms with Crippen molar-refractivity contribution in [3.05, 3.63) is 0 Å². The number of unbranched alkanes of at least 4 members (excludes halogenated alkanes) is 1. The van der Waals surface area contributed by atoms with E-state index in [9.17, 15) is 4.79 Å². The molecular formula is C17H34N2O2. The molecule has 0 saturated heterocycles. The van der Waals surface area contributed by atoms with E-state index < -0.39 is 12.0 Å². The third-order valence-corrected chi connectivity index (χ3v) is 4.86. The summed E-state index contributed by atoms with van der Waals surface area (Å²) in [6.07, 6.45) is 16.2. The highest BCUT2D eigenvalue weighted by Gasteiger charge is 2.24. The molecule has 0 radical (unpaired) electrons. The molecule has 124 valence electrons. The van der Waals surface area contributed by atoms with Gasteiger partial charge in [0.1, 0.15) is 6.04 Å². The molecule has 21 heavy (non-hydrogen) atoms. The zero-order valence-corrected chi connectivity index (χ0v) is 13.5. The highest BCUT2D eigenvalue weighted by atomic mass is 16.4. The highest BCUT2D eigenvalue weighted by molar-refractivity contribution is 5.72. The number of carbonyl (C=O) groups is 1. The number of nitrogens with two attached hydrogens (primary N) is 2. The summed E-state index contributed by atoms with van der Waals surface area (Å²) < 4.78 is 0. The molecule has 1 aliphatic rings. The number of rotatable bonds is 6. The molecule has 4 nitrogen and oxygen atoms in total. The van der Waals surface area contributed by atoms with Crippen LogP contribution in [0.5, 0.6) is 0 Å². The lowest BCUT2D eigenvalue weighted by Crippen LogP contribution is -2.40. The van der Waals surface area contributed by atoms with Crippen LogP contribution in [0.1, 0.15) is 89.9 Å². The summed E-state index contributed by atoms with van der Waals surface area (Å²) in [5.74, 6) is -0.896. The van der Waals surface area contributed by atoms with Crippen LogP contribution in [0.25, 0.3) is 0 Å². The monoisotopic (exact) mass is 298 g/mol. The van der Waals surface area contributed by atoms with Crippen molar-refractivity contribution in [2.24, 2.45) is 11.5 Å². The van der Waals surface area contributed by atoms with Gasteiger partial charge in [-0.3, -0.25) is 4.79 Å². The fourth-order valence-electron chi connectivity index (χ4n) is 3.35. The van der Waals surface area contributed by atoms with E-state index in [0.717, 1.165) is 32.1 Å². The summed E-state index contributed by atoms with van der Waals surface area (Å²) in [5.41, 5.74) is 12.1. The second-order valence-corrected chi connectivity index (χ2v) is 6.88. The summed E-state index contributed by atoms with van der Waals surface area (Å²) in [7, 11) is 0. The molecule has 1 rings (SSSR count). The molecule has 1 fully saturated rings. The number of carboxylic acids is 1. The second-order valence-electron chi connectivity index (χ2n) is 6.88. The van der Waals surface area contributed by atoms with Gasteiger partial charge in [-0.25, -0.2) is 0 Å². The van der Waals surface area contributed by atoms with Crippen molar-refractivity contribution in [2.45, 2.75) is 101 Å². The lowest BCUT2D eigenvalue weighted by Gasteiger charge is -2.30. The fourth-order valence-corrected chi connectivity index (χ4v) is 3.35. The minimum atomic E-state index is -0.896. The molecule has 0 aromatic heterocycles. The van der Waals surface area contributed by atoms with Gasteiger partial charge in [-0.1, -0.05) is 64.2 Å². The van der Waals surface area contributed by atoms with Crippen molar-refractivity contribution in [3.63, 3.8) is 0 Å². The van der Waals surface area contributed by atoms with Gasteiger partial charge in [-0.2, -0.15) is 0 Å². The SMILES string of the molecule is NC(CCCCC1(N)CCCCCCCCCC1)C(=O)O. The average Bonchev–Trinajstić information content (AvgIpc) is 2.49. The normalized spacial score (nSPS) is 22.2. The van der Waals surface area contributed by atoms with E-state index in [1.54, 1.807) is 0 Å². The Balaban J connectivity index is 2.30. The summed E-state index contributed by atoms with van der Waals surface area (Å²) in [6, 6.07) is -0.716. The fraction of sp³-hybridized carbons (Fsp3) is 0.941. The third-order valence-electron chi connectivity index (χ3n) is 4.86. The summed E-state index contributed by atoms with van der Waals surface area (Å²) in [4.78, 5) is 10.7. The van der Waals surface area contributed by atoms with Crippen LogP contribution < -0.4 is 11.5 Å². The molecule has 0 amide bonds. The minimum Gasteiger partial charge on any atom is -0.480 e. The van der Waals surface area contributed by atoms with E-state index in [2.05, 4.69) is 0 Å². The van der Waals surface area contributed by atoms with Crippen LogP contribution in [0.3, 0.4) is 0 Å². The molecule has 0 aliphatic heterocycles. The van der Waals surface area contributed by atoms with E-state index in [4.69, 9.17) is 16.6 Å². The highest BCUT2D eigenvalue weighted by Crippen LogP contribution is 2.27. The Morgan fingerprint density at radius 2 is 1.43 bits per heavy atom. The molecule has 1 aliphatic carbocycles. The van der Waals surface area contributed by atoms with E-state index in [0.29, 0.717) is 6.42 Å². The molecule has 4 heteroatoms. The van der Waals surface area contributed by atoms with Gasteiger partial charge >= 0.3 is 5.97 Å². The van der Waals surface area contributed by atoms with Crippen LogP contribution in [0.2, 0.25) is 0 Å².